The largest absolute Gasteiger partial charge is 0.244 e. The van der Waals surface area contributed by atoms with Crippen molar-refractivity contribution in [3.63, 3.8) is 0 Å². The highest BCUT2D eigenvalue weighted by molar-refractivity contribution is 9.10. The molecule has 17 heavy (non-hydrogen) atoms. The van der Waals surface area contributed by atoms with E-state index in [0.717, 1.165) is 4.31 Å². The number of rotatable bonds is 4. The van der Waals surface area contributed by atoms with Gasteiger partial charge in [-0.2, -0.15) is 9.57 Å². The van der Waals surface area contributed by atoms with E-state index >= 15 is 0 Å². The van der Waals surface area contributed by atoms with E-state index in [1.165, 1.54) is 18.2 Å². The van der Waals surface area contributed by atoms with Crippen molar-refractivity contribution in [3.05, 3.63) is 27.7 Å². The molecule has 1 aromatic carbocycles. The third-order valence-corrected chi connectivity index (χ3v) is 5.26. The van der Waals surface area contributed by atoms with Crippen LogP contribution in [0.1, 0.15) is 6.92 Å². The second kappa shape index (κ2) is 5.83. The molecule has 4 nitrogen and oxygen atoms in total. The van der Waals surface area contributed by atoms with E-state index in [2.05, 4.69) is 15.9 Å². The van der Waals surface area contributed by atoms with Crippen molar-refractivity contribution >= 4 is 37.6 Å². The number of nitrogens with zero attached hydrogens (tertiary/aromatic N) is 2. The van der Waals surface area contributed by atoms with Crippen LogP contribution in [0.25, 0.3) is 0 Å². The van der Waals surface area contributed by atoms with E-state index in [1.807, 2.05) is 6.07 Å². The zero-order valence-electron chi connectivity index (χ0n) is 9.02. The first-order chi connectivity index (χ1) is 7.93. The number of nitriles is 1. The monoisotopic (exact) mass is 336 g/mol. The van der Waals surface area contributed by atoms with Gasteiger partial charge in [-0.1, -0.05) is 18.5 Å². The zero-order valence-corrected chi connectivity index (χ0v) is 12.2. The molecule has 0 spiro atoms. The Morgan fingerprint density at radius 2 is 2.18 bits per heavy atom. The smallest absolute Gasteiger partial charge is 0.207 e. The van der Waals surface area contributed by atoms with Crippen molar-refractivity contribution < 1.29 is 8.42 Å². The van der Waals surface area contributed by atoms with Crippen molar-refractivity contribution in [3.8, 4) is 6.07 Å². The number of benzene rings is 1. The van der Waals surface area contributed by atoms with Crippen LogP contribution in [0.4, 0.5) is 0 Å². The first kappa shape index (κ1) is 14.5. The molecular formula is C10H10BrClN2O2S. The molecule has 0 fully saturated rings. The molecule has 1 rings (SSSR count). The van der Waals surface area contributed by atoms with Crippen LogP contribution in [0.3, 0.4) is 0 Å². The third kappa shape index (κ3) is 3.19. The van der Waals surface area contributed by atoms with Gasteiger partial charge in [0.2, 0.25) is 10.0 Å². The highest BCUT2D eigenvalue weighted by atomic mass is 79.9. The van der Waals surface area contributed by atoms with Gasteiger partial charge in [-0.05, 0) is 34.1 Å². The summed E-state index contributed by atoms with van der Waals surface area (Å²) in [4.78, 5) is 0.117. The third-order valence-electron chi connectivity index (χ3n) is 2.13. The predicted octanol–water partition coefficient (Wildman–Crippen LogP) is 2.64. The fourth-order valence-electron chi connectivity index (χ4n) is 1.23. The second-order valence-electron chi connectivity index (χ2n) is 3.17. The second-order valence-corrected chi connectivity index (χ2v) is 6.36. The van der Waals surface area contributed by atoms with Crippen LogP contribution >= 0.6 is 27.5 Å². The van der Waals surface area contributed by atoms with Gasteiger partial charge in [0.05, 0.1) is 16.0 Å². The molecule has 0 aliphatic heterocycles. The van der Waals surface area contributed by atoms with E-state index in [1.54, 1.807) is 6.92 Å². The highest BCUT2D eigenvalue weighted by Crippen LogP contribution is 2.26. The van der Waals surface area contributed by atoms with E-state index in [9.17, 15) is 8.42 Å². The maximum absolute atomic E-state index is 12.1. The molecule has 0 aromatic heterocycles. The minimum absolute atomic E-state index is 0.117. The van der Waals surface area contributed by atoms with Crippen molar-refractivity contribution in [2.75, 3.05) is 13.1 Å². The quantitative estimate of drug-likeness (QED) is 0.794. The summed E-state index contributed by atoms with van der Waals surface area (Å²) in [7, 11) is -3.63. The topological polar surface area (TPSA) is 61.2 Å². The first-order valence-corrected chi connectivity index (χ1v) is 7.36. The van der Waals surface area contributed by atoms with Crippen LogP contribution in [0.2, 0.25) is 5.02 Å². The summed E-state index contributed by atoms with van der Waals surface area (Å²) in [5, 5.41) is 9.03. The van der Waals surface area contributed by atoms with Gasteiger partial charge < -0.3 is 0 Å². The maximum atomic E-state index is 12.1. The zero-order chi connectivity index (χ0) is 13.1. The normalized spacial score (nSPS) is 11.5. The minimum atomic E-state index is -3.63. The van der Waals surface area contributed by atoms with Crippen molar-refractivity contribution in [1.29, 1.82) is 5.26 Å². The first-order valence-electron chi connectivity index (χ1n) is 4.75. The molecule has 0 heterocycles. The Morgan fingerprint density at radius 1 is 1.53 bits per heavy atom. The molecule has 0 bridgehead atoms. The summed E-state index contributed by atoms with van der Waals surface area (Å²) in [6.07, 6.45) is 0. The Labute approximate surface area is 114 Å². The van der Waals surface area contributed by atoms with Crippen LogP contribution in [-0.4, -0.2) is 25.8 Å². The van der Waals surface area contributed by atoms with E-state index < -0.39 is 10.0 Å². The van der Waals surface area contributed by atoms with Gasteiger partial charge in [0, 0.05) is 11.0 Å². The predicted molar refractivity (Wildman–Crippen MR) is 69.2 cm³/mol. The Balaban J connectivity index is 3.21. The molecule has 0 atom stereocenters. The summed E-state index contributed by atoms with van der Waals surface area (Å²) in [5.41, 5.74) is 0. The van der Waals surface area contributed by atoms with Gasteiger partial charge in [0.15, 0.2) is 0 Å². The summed E-state index contributed by atoms with van der Waals surface area (Å²) >= 11 is 8.97. The molecule has 0 aliphatic rings. The van der Waals surface area contributed by atoms with Crippen LogP contribution in [0, 0.1) is 11.3 Å². The lowest BCUT2D eigenvalue weighted by atomic mass is 10.4. The molecule has 0 saturated heterocycles. The number of hydrogen-bond acceptors (Lipinski definition) is 3. The molecule has 92 valence electrons. The molecule has 0 amide bonds. The summed E-state index contributed by atoms with van der Waals surface area (Å²) in [6.45, 7) is 1.76. The Morgan fingerprint density at radius 3 is 2.65 bits per heavy atom. The lowest BCUT2D eigenvalue weighted by molar-refractivity contribution is 0.462. The number of sulfonamides is 1. The molecular weight excluding hydrogens is 328 g/mol. The average Bonchev–Trinajstić information content (AvgIpc) is 2.29. The lowest BCUT2D eigenvalue weighted by Crippen LogP contribution is -2.31. The van der Waals surface area contributed by atoms with Crippen molar-refractivity contribution in [2.45, 2.75) is 11.8 Å². The minimum Gasteiger partial charge on any atom is -0.207 e. The van der Waals surface area contributed by atoms with Crippen molar-refractivity contribution in [2.24, 2.45) is 0 Å². The summed E-state index contributed by atoms with van der Waals surface area (Å²) in [5.74, 6) is 0. The van der Waals surface area contributed by atoms with Gasteiger partial charge >= 0.3 is 0 Å². The van der Waals surface area contributed by atoms with E-state index in [0.29, 0.717) is 9.50 Å². The van der Waals surface area contributed by atoms with E-state index in [4.69, 9.17) is 16.9 Å². The molecule has 1 aromatic rings. The Hall–Kier alpha value is -0.610. The number of halogens is 2. The van der Waals surface area contributed by atoms with Crippen LogP contribution < -0.4 is 0 Å². The maximum Gasteiger partial charge on any atom is 0.244 e. The van der Waals surface area contributed by atoms with Gasteiger partial charge in [0.1, 0.15) is 6.54 Å². The van der Waals surface area contributed by atoms with Gasteiger partial charge in [-0.15, -0.1) is 0 Å². The van der Waals surface area contributed by atoms with Gasteiger partial charge in [-0.25, -0.2) is 8.42 Å². The van der Waals surface area contributed by atoms with Crippen molar-refractivity contribution in [1.82, 2.24) is 4.31 Å². The highest BCUT2D eigenvalue weighted by Gasteiger charge is 2.23. The molecule has 0 N–H and O–H groups in total. The molecule has 0 radical (unpaired) electrons. The van der Waals surface area contributed by atoms with Crippen LogP contribution in [-0.2, 0) is 10.0 Å². The molecule has 0 saturated carbocycles. The SMILES string of the molecule is CCN(CC#N)S(=O)(=O)c1ccc(Cl)c(Br)c1. The summed E-state index contributed by atoms with van der Waals surface area (Å²) in [6, 6.07) is 6.18. The fourth-order valence-corrected chi connectivity index (χ4v) is 3.25. The van der Waals surface area contributed by atoms with Crippen LogP contribution in [0.5, 0.6) is 0 Å². The van der Waals surface area contributed by atoms with Gasteiger partial charge in [-0.3, -0.25) is 0 Å². The summed E-state index contributed by atoms with van der Waals surface area (Å²) < 4.78 is 25.9. The van der Waals surface area contributed by atoms with E-state index in [-0.39, 0.29) is 18.0 Å². The fraction of sp³-hybridized carbons (Fsp3) is 0.300. The standard InChI is InChI=1S/C10H10BrClN2O2S/c1-2-14(6-5-13)17(15,16)8-3-4-10(12)9(11)7-8/h3-4,7H,2,6H2,1H3. The average molecular weight is 338 g/mol. The molecule has 7 heteroatoms. The lowest BCUT2D eigenvalue weighted by Gasteiger charge is -2.17. The Kier molecular flexibility index (Phi) is 4.95. The van der Waals surface area contributed by atoms with Crippen LogP contribution in [0.15, 0.2) is 27.6 Å². The molecule has 0 unspecified atom stereocenters. The molecule has 0 aliphatic carbocycles. The number of hydrogen-bond donors (Lipinski definition) is 0. The Bertz CT molecular complexity index is 554. The van der Waals surface area contributed by atoms with Gasteiger partial charge in [0.25, 0.3) is 0 Å².